The zero-order chi connectivity index (χ0) is 28.6. The van der Waals surface area contributed by atoms with Crippen molar-refractivity contribution < 1.29 is 9.90 Å². The van der Waals surface area contributed by atoms with E-state index >= 15 is 0 Å². The maximum atomic E-state index is 12.6. The molecule has 0 atom stereocenters. The van der Waals surface area contributed by atoms with E-state index in [1.165, 1.54) is 16.5 Å². The number of hydrogen-bond acceptors (Lipinski definition) is 6. The van der Waals surface area contributed by atoms with Crippen molar-refractivity contribution in [2.45, 2.75) is 46.6 Å². The van der Waals surface area contributed by atoms with E-state index in [1.807, 2.05) is 32.0 Å². The van der Waals surface area contributed by atoms with Gasteiger partial charge in [0.1, 0.15) is 11.6 Å². The van der Waals surface area contributed by atoms with E-state index in [-0.39, 0.29) is 12.2 Å². The highest BCUT2D eigenvalue weighted by molar-refractivity contribution is 7.16. The van der Waals surface area contributed by atoms with Crippen LogP contribution in [0, 0.1) is 17.2 Å². The Labute approximate surface area is 237 Å². The number of aliphatic hydroxyl groups excluding tert-OH is 1. The summed E-state index contributed by atoms with van der Waals surface area (Å²) in [6.07, 6.45) is 2.04. The molecular weight excluding hydrogens is 504 g/mol. The van der Waals surface area contributed by atoms with E-state index in [0.717, 1.165) is 47.4 Å². The summed E-state index contributed by atoms with van der Waals surface area (Å²) in [6.45, 7) is 14.4. The van der Waals surface area contributed by atoms with Crippen LogP contribution in [-0.4, -0.2) is 61.3 Å². The monoisotopic (exact) mass is 546 g/mol. The van der Waals surface area contributed by atoms with Crippen molar-refractivity contribution in [3.05, 3.63) is 59.0 Å². The summed E-state index contributed by atoms with van der Waals surface area (Å²) < 4.78 is 0. The number of benzene rings is 2. The molecule has 1 aliphatic heterocycles. The number of amides is 1. The first-order valence-electron chi connectivity index (χ1n) is 13.6. The zero-order valence-electron chi connectivity index (χ0n) is 24.1. The highest BCUT2D eigenvalue weighted by atomic mass is 32.1. The van der Waals surface area contributed by atoms with Crippen molar-refractivity contribution in [2.75, 3.05) is 44.7 Å². The second-order valence-corrected chi connectivity index (χ2v) is 12.6. The van der Waals surface area contributed by atoms with Crippen molar-refractivity contribution >= 4 is 39.8 Å². The van der Waals surface area contributed by atoms with Gasteiger partial charge in [-0.15, -0.1) is 11.3 Å². The van der Waals surface area contributed by atoms with Crippen molar-refractivity contribution in [3.8, 4) is 16.5 Å². The third-order valence-electron chi connectivity index (χ3n) is 6.44. The summed E-state index contributed by atoms with van der Waals surface area (Å²) >= 11 is 1.55. The predicted octanol–water partition coefficient (Wildman–Crippen LogP) is 6.17. The smallest absolute Gasteiger partial charge is 0.262 e. The highest BCUT2D eigenvalue weighted by Gasteiger charge is 2.22. The Balaban J connectivity index is 0.000000983. The summed E-state index contributed by atoms with van der Waals surface area (Å²) in [4.78, 5) is 19.3. The van der Waals surface area contributed by atoms with Crippen LogP contribution in [0.2, 0.25) is 0 Å². The molecule has 1 amide bonds. The number of anilines is 1. The topological polar surface area (TPSA) is 79.6 Å². The minimum atomic E-state index is -0.586. The molecule has 0 saturated carbocycles. The summed E-state index contributed by atoms with van der Waals surface area (Å²) in [5, 5.41) is 23.9. The molecule has 2 aromatic carbocycles. The van der Waals surface area contributed by atoms with Gasteiger partial charge in [-0.1, -0.05) is 39.0 Å². The number of carbonyl (C=O) groups excluding carboxylic acids is 1. The lowest BCUT2D eigenvalue weighted by molar-refractivity contribution is -0.118. The van der Waals surface area contributed by atoms with Crippen LogP contribution in [0.3, 0.4) is 0 Å². The Morgan fingerprint density at radius 3 is 2.36 bits per heavy atom. The van der Waals surface area contributed by atoms with Gasteiger partial charge in [0.15, 0.2) is 0 Å². The second kappa shape index (κ2) is 13.7. The first-order valence-corrected chi connectivity index (χ1v) is 14.5. The van der Waals surface area contributed by atoms with Crippen LogP contribution < -0.4 is 10.2 Å². The molecule has 2 heterocycles. The van der Waals surface area contributed by atoms with Crippen LogP contribution in [-0.2, 0) is 4.79 Å². The van der Waals surface area contributed by atoms with Gasteiger partial charge < -0.3 is 20.2 Å². The van der Waals surface area contributed by atoms with Crippen molar-refractivity contribution in [2.24, 2.45) is 5.92 Å². The standard InChI is InChI=1S/C28H32N4O2S.C4H10/c1-28(2,10-15-33)30-27(34)23(19-29)18-25-8-9-26(35-25)22-5-4-21-17-24(7-6-20(21)16-22)32-13-11-31(3)12-14-32;1-4(2)3/h4-9,16-18,33H,10-15H2,1-3H3,(H,30,34);4H,1-3H3/b23-18+;. The third-order valence-corrected chi connectivity index (χ3v) is 7.53. The van der Waals surface area contributed by atoms with Gasteiger partial charge in [-0.05, 0) is 86.0 Å². The fourth-order valence-electron chi connectivity index (χ4n) is 4.24. The van der Waals surface area contributed by atoms with E-state index in [4.69, 9.17) is 0 Å². The SMILES string of the molecule is CC(C)C.CN1CCN(c2ccc3cc(-c4ccc(/C=C(\C#N)C(=O)NC(C)(C)CCO)s4)ccc3c2)CC1. The van der Waals surface area contributed by atoms with Gasteiger partial charge >= 0.3 is 0 Å². The molecule has 1 saturated heterocycles. The molecule has 0 unspecified atom stereocenters. The van der Waals surface area contributed by atoms with Crippen LogP contribution in [0.15, 0.2) is 54.1 Å². The van der Waals surface area contributed by atoms with Gasteiger partial charge in [-0.25, -0.2) is 0 Å². The number of nitrogens with one attached hydrogen (secondary N) is 1. The average molecular weight is 547 g/mol. The minimum absolute atomic E-state index is 0.0317. The molecule has 6 nitrogen and oxygen atoms in total. The molecule has 3 aromatic rings. The molecule has 2 N–H and O–H groups in total. The normalized spacial score (nSPS) is 14.6. The Bertz CT molecular complexity index is 1320. The molecule has 1 fully saturated rings. The molecule has 1 aromatic heterocycles. The van der Waals surface area contributed by atoms with Crippen molar-refractivity contribution in [1.82, 2.24) is 10.2 Å². The van der Waals surface area contributed by atoms with Gasteiger partial charge in [-0.2, -0.15) is 5.26 Å². The first kappa shape index (κ1) is 30.4. The molecule has 0 spiro atoms. The van der Waals surface area contributed by atoms with Gasteiger partial charge in [0.2, 0.25) is 0 Å². The highest BCUT2D eigenvalue weighted by Crippen LogP contribution is 2.33. The van der Waals surface area contributed by atoms with Crippen LogP contribution in [0.25, 0.3) is 27.3 Å². The quantitative estimate of drug-likeness (QED) is 0.274. The number of aliphatic hydroxyl groups is 1. The largest absolute Gasteiger partial charge is 0.396 e. The zero-order valence-corrected chi connectivity index (χ0v) is 24.9. The van der Waals surface area contributed by atoms with Crippen LogP contribution >= 0.6 is 11.3 Å². The number of nitrogens with zero attached hydrogens (tertiary/aromatic N) is 3. The summed E-state index contributed by atoms with van der Waals surface area (Å²) in [5.74, 6) is 0.405. The number of thiophene rings is 1. The Morgan fingerprint density at radius 1 is 1.08 bits per heavy atom. The van der Waals surface area contributed by atoms with E-state index < -0.39 is 11.4 Å². The van der Waals surface area contributed by atoms with Crippen molar-refractivity contribution in [3.63, 3.8) is 0 Å². The lowest BCUT2D eigenvalue weighted by atomic mass is 10.0. The number of carbonyl (C=O) groups is 1. The first-order chi connectivity index (χ1) is 18.5. The van der Waals surface area contributed by atoms with E-state index in [9.17, 15) is 15.2 Å². The number of rotatable bonds is 7. The maximum Gasteiger partial charge on any atom is 0.262 e. The summed E-state index contributed by atoms with van der Waals surface area (Å²) in [5.41, 5.74) is 1.85. The summed E-state index contributed by atoms with van der Waals surface area (Å²) in [7, 11) is 2.17. The number of hydrogen-bond donors (Lipinski definition) is 2. The number of fused-ring (bicyclic) bond motifs is 1. The van der Waals surface area contributed by atoms with Gasteiger partial charge in [0.05, 0.1) is 0 Å². The average Bonchev–Trinajstić information content (AvgIpc) is 3.35. The molecule has 39 heavy (non-hydrogen) atoms. The molecular formula is C32H42N4O2S. The fraction of sp³-hybridized carbons (Fsp3) is 0.438. The maximum absolute atomic E-state index is 12.6. The van der Waals surface area contributed by atoms with E-state index in [0.29, 0.717) is 6.42 Å². The molecule has 7 heteroatoms. The van der Waals surface area contributed by atoms with E-state index in [1.54, 1.807) is 17.4 Å². The summed E-state index contributed by atoms with van der Waals surface area (Å²) in [6, 6.07) is 19.1. The van der Waals surface area contributed by atoms with E-state index in [2.05, 4.69) is 79.3 Å². The molecule has 0 bridgehead atoms. The van der Waals surface area contributed by atoms with Crippen molar-refractivity contribution in [1.29, 1.82) is 5.26 Å². The Kier molecular flexibility index (Phi) is 10.7. The predicted molar refractivity (Wildman–Crippen MR) is 165 cm³/mol. The minimum Gasteiger partial charge on any atom is -0.396 e. The number of nitriles is 1. The molecule has 0 aliphatic carbocycles. The third kappa shape index (κ3) is 8.93. The second-order valence-electron chi connectivity index (χ2n) is 11.5. The molecule has 4 rings (SSSR count). The van der Waals surface area contributed by atoms with Crippen LogP contribution in [0.5, 0.6) is 0 Å². The molecule has 1 aliphatic rings. The Morgan fingerprint density at radius 2 is 1.72 bits per heavy atom. The van der Waals surface area contributed by atoms with Gasteiger partial charge in [-0.3, -0.25) is 4.79 Å². The van der Waals surface area contributed by atoms with Gasteiger partial charge in [0, 0.05) is 53.8 Å². The Hall–Kier alpha value is -3.18. The van der Waals surface area contributed by atoms with Crippen LogP contribution in [0.1, 0.15) is 45.9 Å². The van der Waals surface area contributed by atoms with Crippen LogP contribution in [0.4, 0.5) is 5.69 Å². The lowest BCUT2D eigenvalue weighted by Gasteiger charge is -2.34. The lowest BCUT2D eigenvalue weighted by Crippen LogP contribution is -2.44. The number of likely N-dealkylation sites (N-methyl/N-ethyl adjacent to an activating group) is 1. The molecule has 0 radical (unpaired) electrons. The number of piperazine rings is 1. The van der Waals surface area contributed by atoms with Gasteiger partial charge in [0.25, 0.3) is 5.91 Å². The molecule has 208 valence electrons. The fourth-order valence-corrected chi connectivity index (χ4v) is 5.19.